The van der Waals surface area contributed by atoms with E-state index in [2.05, 4.69) is 49.2 Å². The standard InChI is InChI=1S/C16H26N2/c1-13-6-9-18(10-7-13)11-8-17-16-5-4-14(2)15(3)12-16/h4-5,12-13,17H,6-11H2,1-3H3. The van der Waals surface area contributed by atoms with Crippen molar-refractivity contribution < 1.29 is 0 Å². The predicted octanol–water partition coefficient (Wildman–Crippen LogP) is 3.45. The molecule has 2 nitrogen and oxygen atoms in total. The maximum absolute atomic E-state index is 3.53. The lowest BCUT2D eigenvalue weighted by Gasteiger charge is -2.30. The molecule has 2 heteroatoms. The Labute approximate surface area is 111 Å². The van der Waals surface area contributed by atoms with Crippen molar-refractivity contribution in [1.29, 1.82) is 0 Å². The minimum atomic E-state index is 0.925. The first kappa shape index (κ1) is 13.4. The molecule has 1 aliphatic rings. The first-order valence-electron chi connectivity index (χ1n) is 7.18. The van der Waals surface area contributed by atoms with Crippen molar-refractivity contribution in [2.75, 3.05) is 31.5 Å². The molecule has 1 aliphatic heterocycles. The fraction of sp³-hybridized carbons (Fsp3) is 0.625. The van der Waals surface area contributed by atoms with Crippen LogP contribution < -0.4 is 5.32 Å². The van der Waals surface area contributed by atoms with Crippen LogP contribution in [0.15, 0.2) is 18.2 Å². The van der Waals surface area contributed by atoms with Crippen LogP contribution in [0, 0.1) is 19.8 Å². The van der Waals surface area contributed by atoms with Crippen molar-refractivity contribution in [3.05, 3.63) is 29.3 Å². The molecule has 0 amide bonds. The second-order valence-corrected chi connectivity index (χ2v) is 5.75. The number of nitrogens with zero attached hydrogens (tertiary/aromatic N) is 1. The average molecular weight is 246 g/mol. The number of nitrogens with one attached hydrogen (secondary N) is 1. The summed E-state index contributed by atoms with van der Waals surface area (Å²) in [6, 6.07) is 6.62. The molecule has 100 valence electrons. The molecule has 1 heterocycles. The molecular formula is C16H26N2. The lowest BCUT2D eigenvalue weighted by Crippen LogP contribution is -2.36. The number of hydrogen-bond acceptors (Lipinski definition) is 2. The third-order valence-electron chi connectivity index (χ3n) is 4.14. The van der Waals surface area contributed by atoms with Gasteiger partial charge in [0.15, 0.2) is 0 Å². The van der Waals surface area contributed by atoms with Crippen LogP contribution in [0.1, 0.15) is 30.9 Å². The third-order valence-corrected chi connectivity index (χ3v) is 4.14. The van der Waals surface area contributed by atoms with Gasteiger partial charge in [-0.2, -0.15) is 0 Å². The topological polar surface area (TPSA) is 15.3 Å². The first-order valence-corrected chi connectivity index (χ1v) is 7.18. The van der Waals surface area contributed by atoms with E-state index < -0.39 is 0 Å². The summed E-state index contributed by atoms with van der Waals surface area (Å²) < 4.78 is 0. The van der Waals surface area contributed by atoms with Crippen LogP contribution in [0.3, 0.4) is 0 Å². The third kappa shape index (κ3) is 3.74. The highest BCUT2D eigenvalue weighted by atomic mass is 15.1. The normalized spacial score (nSPS) is 17.9. The van der Waals surface area contributed by atoms with Crippen LogP contribution in [0.5, 0.6) is 0 Å². The molecule has 0 unspecified atom stereocenters. The van der Waals surface area contributed by atoms with Gasteiger partial charge in [0.1, 0.15) is 0 Å². The molecule has 0 aromatic heterocycles. The largest absolute Gasteiger partial charge is 0.384 e. The summed E-state index contributed by atoms with van der Waals surface area (Å²) in [5.74, 6) is 0.925. The molecular weight excluding hydrogens is 220 g/mol. The number of anilines is 1. The summed E-state index contributed by atoms with van der Waals surface area (Å²) >= 11 is 0. The molecule has 1 aromatic carbocycles. The average Bonchev–Trinajstić information content (AvgIpc) is 2.36. The number of rotatable bonds is 4. The molecule has 2 rings (SSSR count). The highest BCUT2D eigenvalue weighted by Gasteiger charge is 2.14. The van der Waals surface area contributed by atoms with E-state index in [1.165, 1.54) is 49.3 Å². The Morgan fingerprint density at radius 2 is 1.89 bits per heavy atom. The molecule has 1 aromatic rings. The van der Waals surface area contributed by atoms with E-state index >= 15 is 0 Å². The lowest BCUT2D eigenvalue weighted by molar-refractivity contribution is 0.199. The van der Waals surface area contributed by atoms with Gasteiger partial charge in [0.2, 0.25) is 0 Å². The molecule has 0 spiro atoms. The SMILES string of the molecule is Cc1ccc(NCCN2CCC(C)CC2)cc1C. The molecule has 0 saturated carbocycles. The fourth-order valence-corrected chi connectivity index (χ4v) is 2.50. The quantitative estimate of drug-likeness (QED) is 0.875. The predicted molar refractivity (Wildman–Crippen MR) is 79.2 cm³/mol. The van der Waals surface area contributed by atoms with Crippen molar-refractivity contribution in [2.24, 2.45) is 5.92 Å². The summed E-state index contributed by atoms with van der Waals surface area (Å²) in [6.45, 7) is 11.5. The maximum Gasteiger partial charge on any atom is 0.0343 e. The van der Waals surface area contributed by atoms with Crippen LogP contribution in [-0.2, 0) is 0 Å². The van der Waals surface area contributed by atoms with E-state index in [-0.39, 0.29) is 0 Å². The minimum Gasteiger partial charge on any atom is -0.384 e. The van der Waals surface area contributed by atoms with Gasteiger partial charge in [-0.15, -0.1) is 0 Å². The number of aryl methyl sites for hydroxylation is 2. The maximum atomic E-state index is 3.53. The second-order valence-electron chi connectivity index (χ2n) is 5.75. The van der Waals surface area contributed by atoms with Crippen LogP contribution in [0.4, 0.5) is 5.69 Å². The molecule has 0 bridgehead atoms. The second kappa shape index (κ2) is 6.24. The molecule has 0 aliphatic carbocycles. The van der Waals surface area contributed by atoms with E-state index in [0.29, 0.717) is 0 Å². The summed E-state index contributed by atoms with van der Waals surface area (Å²) in [5, 5.41) is 3.53. The summed E-state index contributed by atoms with van der Waals surface area (Å²) in [4.78, 5) is 2.58. The van der Waals surface area contributed by atoms with E-state index in [9.17, 15) is 0 Å². The smallest absolute Gasteiger partial charge is 0.0343 e. The van der Waals surface area contributed by atoms with Gasteiger partial charge in [0, 0.05) is 18.8 Å². The van der Waals surface area contributed by atoms with E-state index in [0.717, 1.165) is 12.5 Å². The van der Waals surface area contributed by atoms with Gasteiger partial charge in [-0.25, -0.2) is 0 Å². The molecule has 0 radical (unpaired) electrons. The number of benzene rings is 1. The summed E-state index contributed by atoms with van der Waals surface area (Å²) in [7, 11) is 0. The highest BCUT2D eigenvalue weighted by Crippen LogP contribution is 2.16. The lowest BCUT2D eigenvalue weighted by atomic mass is 9.99. The zero-order valence-electron chi connectivity index (χ0n) is 12.0. The van der Waals surface area contributed by atoms with Gasteiger partial charge >= 0.3 is 0 Å². The number of likely N-dealkylation sites (tertiary alicyclic amines) is 1. The van der Waals surface area contributed by atoms with Gasteiger partial charge in [-0.3, -0.25) is 0 Å². The van der Waals surface area contributed by atoms with Gasteiger partial charge in [0.05, 0.1) is 0 Å². The Balaban J connectivity index is 1.73. The molecule has 1 fully saturated rings. The Morgan fingerprint density at radius 3 is 2.56 bits per heavy atom. The van der Waals surface area contributed by atoms with Gasteiger partial charge < -0.3 is 10.2 Å². The zero-order chi connectivity index (χ0) is 13.0. The van der Waals surface area contributed by atoms with E-state index in [4.69, 9.17) is 0 Å². The number of piperidine rings is 1. The summed E-state index contributed by atoms with van der Waals surface area (Å²) in [5.41, 5.74) is 3.99. The van der Waals surface area contributed by atoms with Crippen molar-refractivity contribution >= 4 is 5.69 Å². The van der Waals surface area contributed by atoms with Crippen LogP contribution >= 0.6 is 0 Å². The molecule has 18 heavy (non-hydrogen) atoms. The summed E-state index contributed by atoms with van der Waals surface area (Å²) in [6.07, 6.45) is 2.73. The first-order chi connectivity index (χ1) is 8.65. The Hall–Kier alpha value is -1.02. The number of hydrogen-bond donors (Lipinski definition) is 1. The van der Waals surface area contributed by atoms with E-state index in [1.807, 2.05) is 0 Å². The minimum absolute atomic E-state index is 0.925. The Morgan fingerprint density at radius 1 is 1.17 bits per heavy atom. The Bertz CT molecular complexity index is 379. The van der Waals surface area contributed by atoms with Gasteiger partial charge in [0.25, 0.3) is 0 Å². The highest BCUT2D eigenvalue weighted by molar-refractivity contribution is 5.48. The van der Waals surface area contributed by atoms with Crippen LogP contribution in [-0.4, -0.2) is 31.1 Å². The monoisotopic (exact) mass is 246 g/mol. The van der Waals surface area contributed by atoms with Crippen molar-refractivity contribution in [3.8, 4) is 0 Å². The van der Waals surface area contributed by atoms with Gasteiger partial charge in [-0.05, 0) is 69.0 Å². The van der Waals surface area contributed by atoms with Crippen molar-refractivity contribution in [2.45, 2.75) is 33.6 Å². The molecule has 1 N–H and O–H groups in total. The van der Waals surface area contributed by atoms with Crippen LogP contribution in [0.2, 0.25) is 0 Å². The van der Waals surface area contributed by atoms with E-state index in [1.54, 1.807) is 0 Å². The van der Waals surface area contributed by atoms with Crippen molar-refractivity contribution in [3.63, 3.8) is 0 Å². The molecule has 0 atom stereocenters. The fourth-order valence-electron chi connectivity index (χ4n) is 2.50. The van der Waals surface area contributed by atoms with Crippen LogP contribution in [0.25, 0.3) is 0 Å². The zero-order valence-corrected chi connectivity index (χ0v) is 12.0. The molecule has 1 saturated heterocycles. The van der Waals surface area contributed by atoms with Crippen molar-refractivity contribution in [1.82, 2.24) is 4.90 Å². The van der Waals surface area contributed by atoms with Gasteiger partial charge in [-0.1, -0.05) is 13.0 Å². The Kier molecular flexibility index (Phi) is 4.65.